The van der Waals surface area contributed by atoms with E-state index >= 15 is 0 Å². The molecule has 1 spiro atoms. The number of hydrogen-bond acceptors (Lipinski definition) is 2. The summed E-state index contributed by atoms with van der Waals surface area (Å²) in [5.41, 5.74) is -1.35. The molecule has 2 rings (SSSR count). The van der Waals surface area contributed by atoms with E-state index < -0.39 is 11.3 Å². The molecule has 0 bridgehead atoms. The van der Waals surface area contributed by atoms with Crippen LogP contribution in [0.15, 0.2) is 0 Å². The minimum Gasteiger partial charge on any atom is -0.444 e. The van der Waals surface area contributed by atoms with Gasteiger partial charge in [0.2, 0.25) is 0 Å². The van der Waals surface area contributed by atoms with Gasteiger partial charge in [0.05, 0.1) is 0 Å². The quantitative estimate of drug-likeness (QED) is 0.680. The maximum Gasteiger partial charge on any atom is 0.410 e. The second kappa shape index (κ2) is 4.90. The smallest absolute Gasteiger partial charge is 0.410 e. The van der Waals surface area contributed by atoms with Crippen LogP contribution in [-0.2, 0) is 4.74 Å². The van der Waals surface area contributed by atoms with Crippen LogP contribution in [0.2, 0.25) is 0 Å². The monoisotopic (exact) mass is 335 g/mol. The van der Waals surface area contributed by atoms with Crippen molar-refractivity contribution in [2.24, 2.45) is 5.41 Å². The van der Waals surface area contributed by atoms with Gasteiger partial charge in [-0.2, -0.15) is 0 Å². The first-order valence-corrected chi connectivity index (χ1v) is 8.02. The molecule has 0 aromatic heterocycles. The lowest BCUT2D eigenvalue weighted by atomic mass is 9.56. The standard InChI is InChI=1S/C14H23BrFNO2/c1-12(2,3)19-11(18)17-6-4-13(5-7-17)8-14(16,9-13)10-15/h4-10H2,1-3H3. The van der Waals surface area contributed by atoms with E-state index in [1.54, 1.807) is 4.90 Å². The van der Waals surface area contributed by atoms with E-state index in [0.29, 0.717) is 31.3 Å². The molecule has 2 fully saturated rings. The van der Waals surface area contributed by atoms with Gasteiger partial charge in [0.15, 0.2) is 0 Å². The van der Waals surface area contributed by atoms with E-state index in [4.69, 9.17) is 4.74 Å². The minimum absolute atomic E-state index is 0.126. The molecule has 1 aliphatic carbocycles. The molecule has 1 amide bonds. The average Bonchev–Trinajstić information content (AvgIpc) is 2.25. The lowest BCUT2D eigenvalue weighted by Crippen LogP contribution is -2.56. The normalized spacial score (nSPS) is 25.0. The summed E-state index contributed by atoms with van der Waals surface area (Å²) in [7, 11) is 0. The van der Waals surface area contributed by atoms with Crippen molar-refractivity contribution < 1.29 is 13.9 Å². The molecule has 0 aromatic carbocycles. The summed E-state index contributed by atoms with van der Waals surface area (Å²) in [6.45, 7) is 6.99. The lowest BCUT2D eigenvalue weighted by molar-refractivity contribution is -0.0850. The van der Waals surface area contributed by atoms with Crippen LogP contribution in [0.3, 0.4) is 0 Å². The predicted octanol–water partition coefficient (Wildman–Crippen LogP) is 3.90. The van der Waals surface area contributed by atoms with Gasteiger partial charge < -0.3 is 9.64 Å². The van der Waals surface area contributed by atoms with Gasteiger partial charge in [-0.3, -0.25) is 0 Å². The maximum absolute atomic E-state index is 14.0. The topological polar surface area (TPSA) is 29.5 Å². The molecule has 1 aliphatic heterocycles. The number of carbonyl (C=O) groups is 1. The Morgan fingerprint density at radius 3 is 2.26 bits per heavy atom. The number of amides is 1. The molecule has 0 radical (unpaired) electrons. The number of halogens is 2. The molecular weight excluding hydrogens is 313 g/mol. The summed E-state index contributed by atoms with van der Waals surface area (Å²) in [4.78, 5) is 13.7. The lowest BCUT2D eigenvalue weighted by Gasteiger charge is -2.54. The SMILES string of the molecule is CC(C)(C)OC(=O)N1CCC2(CC1)CC(F)(CBr)C2. The highest BCUT2D eigenvalue weighted by Gasteiger charge is 2.55. The van der Waals surface area contributed by atoms with Crippen molar-refractivity contribution in [1.82, 2.24) is 4.90 Å². The fourth-order valence-electron chi connectivity index (χ4n) is 3.23. The van der Waals surface area contributed by atoms with Crippen LogP contribution < -0.4 is 0 Å². The van der Waals surface area contributed by atoms with Crippen molar-refractivity contribution in [2.45, 2.75) is 57.7 Å². The van der Waals surface area contributed by atoms with Gasteiger partial charge in [-0.15, -0.1) is 0 Å². The van der Waals surface area contributed by atoms with Crippen molar-refractivity contribution in [2.75, 3.05) is 18.4 Å². The van der Waals surface area contributed by atoms with Crippen molar-refractivity contribution in [1.29, 1.82) is 0 Å². The van der Waals surface area contributed by atoms with Crippen molar-refractivity contribution >= 4 is 22.0 Å². The Bertz CT molecular complexity index is 351. The Balaban J connectivity index is 1.82. The summed E-state index contributed by atoms with van der Waals surface area (Å²) in [6.07, 6.45) is 2.81. The van der Waals surface area contributed by atoms with Gasteiger partial charge in [-0.05, 0) is 51.9 Å². The van der Waals surface area contributed by atoms with Crippen LogP contribution in [-0.4, -0.2) is 40.7 Å². The van der Waals surface area contributed by atoms with Crippen LogP contribution in [0.5, 0.6) is 0 Å². The second-order valence-electron chi connectivity index (χ2n) is 7.11. The number of carbonyl (C=O) groups excluding carboxylic acids is 1. The highest BCUT2D eigenvalue weighted by atomic mass is 79.9. The van der Waals surface area contributed by atoms with Gasteiger partial charge in [0.1, 0.15) is 11.3 Å². The molecule has 0 unspecified atom stereocenters. The zero-order valence-corrected chi connectivity index (χ0v) is 13.6. The third kappa shape index (κ3) is 3.41. The number of alkyl halides is 2. The first-order chi connectivity index (χ1) is 8.67. The Morgan fingerprint density at radius 2 is 1.84 bits per heavy atom. The van der Waals surface area contributed by atoms with Crippen molar-refractivity contribution in [3.05, 3.63) is 0 Å². The van der Waals surface area contributed by atoms with E-state index in [2.05, 4.69) is 15.9 Å². The molecular formula is C14H23BrFNO2. The van der Waals surface area contributed by atoms with E-state index in [0.717, 1.165) is 12.8 Å². The molecule has 3 nitrogen and oxygen atoms in total. The van der Waals surface area contributed by atoms with Crippen molar-refractivity contribution in [3.63, 3.8) is 0 Å². The van der Waals surface area contributed by atoms with Crippen LogP contribution in [0.25, 0.3) is 0 Å². The predicted molar refractivity (Wildman–Crippen MR) is 76.3 cm³/mol. The van der Waals surface area contributed by atoms with Gasteiger partial charge >= 0.3 is 6.09 Å². The zero-order valence-electron chi connectivity index (χ0n) is 12.0. The number of hydrogen-bond donors (Lipinski definition) is 0. The molecule has 0 atom stereocenters. The molecule has 1 heterocycles. The van der Waals surface area contributed by atoms with Gasteiger partial charge in [0.25, 0.3) is 0 Å². The fourth-order valence-corrected chi connectivity index (χ4v) is 3.63. The molecule has 2 aliphatic rings. The first-order valence-electron chi connectivity index (χ1n) is 6.90. The first kappa shape index (κ1) is 15.1. The molecule has 5 heteroatoms. The Labute approximate surface area is 123 Å². The molecule has 19 heavy (non-hydrogen) atoms. The highest BCUT2D eigenvalue weighted by Crippen LogP contribution is 2.57. The minimum atomic E-state index is -1.02. The van der Waals surface area contributed by atoms with E-state index in [1.165, 1.54) is 0 Å². The number of likely N-dealkylation sites (tertiary alicyclic amines) is 1. The number of piperidine rings is 1. The zero-order chi connectivity index (χ0) is 14.3. The van der Waals surface area contributed by atoms with Crippen molar-refractivity contribution in [3.8, 4) is 0 Å². The summed E-state index contributed by atoms with van der Waals surface area (Å²) >= 11 is 3.24. The average molecular weight is 336 g/mol. The molecule has 0 aromatic rings. The van der Waals surface area contributed by atoms with E-state index in [1.807, 2.05) is 20.8 Å². The second-order valence-corrected chi connectivity index (χ2v) is 7.67. The Hall–Kier alpha value is -0.320. The molecule has 0 N–H and O–H groups in total. The summed E-state index contributed by atoms with van der Waals surface area (Å²) in [5, 5.41) is 0.428. The van der Waals surface area contributed by atoms with Crippen LogP contribution >= 0.6 is 15.9 Å². The summed E-state index contributed by atoms with van der Waals surface area (Å²) in [6, 6.07) is 0. The van der Waals surface area contributed by atoms with Gasteiger partial charge in [0, 0.05) is 18.4 Å². The Kier molecular flexibility index (Phi) is 3.89. The summed E-state index contributed by atoms with van der Waals surface area (Å²) in [5.74, 6) is 0. The number of nitrogens with zero attached hydrogens (tertiary/aromatic N) is 1. The fraction of sp³-hybridized carbons (Fsp3) is 0.929. The Morgan fingerprint density at radius 1 is 1.32 bits per heavy atom. The highest BCUT2D eigenvalue weighted by molar-refractivity contribution is 9.09. The number of rotatable bonds is 1. The van der Waals surface area contributed by atoms with E-state index in [9.17, 15) is 9.18 Å². The largest absolute Gasteiger partial charge is 0.444 e. The van der Waals surface area contributed by atoms with Gasteiger partial charge in [-0.1, -0.05) is 15.9 Å². The number of ether oxygens (including phenoxy) is 1. The van der Waals surface area contributed by atoms with Crippen LogP contribution in [0, 0.1) is 5.41 Å². The summed E-state index contributed by atoms with van der Waals surface area (Å²) < 4.78 is 19.4. The van der Waals surface area contributed by atoms with Gasteiger partial charge in [-0.25, -0.2) is 9.18 Å². The third-order valence-corrected chi connectivity index (χ3v) is 5.10. The molecule has 1 saturated carbocycles. The molecule has 1 saturated heterocycles. The van der Waals surface area contributed by atoms with E-state index in [-0.39, 0.29) is 11.5 Å². The maximum atomic E-state index is 14.0. The third-order valence-electron chi connectivity index (χ3n) is 4.10. The molecule has 110 valence electrons. The van der Waals surface area contributed by atoms with Crippen LogP contribution in [0.4, 0.5) is 9.18 Å². The van der Waals surface area contributed by atoms with Crippen LogP contribution in [0.1, 0.15) is 46.5 Å².